The minimum absolute atomic E-state index is 0.303. The molecule has 1 aliphatic rings. The van der Waals surface area contributed by atoms with E-state index < -0.39 is 61.5 Å². The Morgan fingerprint density at radius 1 is 0.479 bits per heavy atom. The van der Waals surface area contributed by atoms with Gasteiger partial charge in [0.05, 0.1) is 25.4 Å². The van der Waals surface area contributed by atoms with Crippen LogP contribution in [0.15, 0.2) is 24.3 Å². The smallest absolute Gasteiger partial charge is 0.249 e. The van der Waals surface area contributed by atoms with Gasteiger partial charge in [-0.3, -0.25) is 4.79 Å². The average Bonchev–Trinajstić information content (AvgIpc) is 3.37. The maximum atomic E-state index is 13.1. The van der Waals surface area contributed by atoms with Crippen molar-refractivity contribution in [2.75, 3.05) is 13.2 Å². The largest absolute Gasteiger partial charge is 0.394 e. The lowest BCUT2D eigenvalue weighted by Crippen LogP contribution is -2.60. The number of nitrogens with one attached hydrogen (secondary N) is 1. The molecule has 0 radical (unpaired) electrons. The van der Waals surface area contributed by atoms with Crippen molar-refractivity contribution >= 4 is 5.91 Å². The predicted molar refractivity (Wildman–Crippen MR) is 296 cm³/mol. The maximum absolute atomic E-state index is 13.1. The van der Waals surface area contributed by atoms with Gasteiger partial charge in [-0.15, -0.1) is 0 Å². The standard InChI is InChI=1S/C61H117NO9/c1-3-5-7-9-11-13-15-17-19-21-22-23-24-25-26-27-28-29-30-31-32-34-36-38-40-42-44-46-48-50-55(65)60(69)62-53(52-70-61-59(68)58(67)57(66)56(51-63)71-61)54(64)49-47-45-43-41-39-37-35-33-20-18-16-14-12-10-8-6-4-2/h25-26,47,49,53-59,61,63-68H,3-24,27-46,48,50-52H2,1-2H3,(H,62,69)/b26-25-,49-47+. The summed E-state index contributed by atoms with van der Waals surface area (Å²) in [7, 11) is 0. The van der Waals surface area contributed by atoms with Crippen LogP contribution in [0.25, 0.3) is 0 Å². The van der Waals surface area contributed by atoms with Gasteiger partial charge in [0.1, 0.15) is 30.5 Å². The fourth-order valence-corrected chi connectivity index (χ4v) is 9.93. The molecule has 7 N–H and O–H groups in total. The molecular weight excluding hydrogens is 891 g/mol. The molecule has 0 aromatic carbocycles. The summed E-state index contributed by atoms with van der Waals surface area (Å²) < 4.78 is 11.2. The van der Waals surface area contributed by atoms with E-state index in [0.29, 0.717) is 6.42 Å². The molecule has 0 aromatic heterocycles. The van der Waals surface area contributed by atoms with Gasteiger partial charge in [0.2, 0.25) is 5.91 Å². The monoisotopic (exact) mass is 1010 g/mol. The lowest BCUT2D eigenvalue weighted by molar-refractivity contribution is -0.302. The van der Waals surface area contributed by atoms with Gasteiger partial charge in [-0.2, -0.15) is 0 Å². The number of unbranched alkanes of at least 4 members (excludes halogenated alkanes) is 40. The van der Waals surface area contributed by atoms with Crippen LogP contribution in [0.3, 0.4) is 0 Å². The molecule has 1 rings (SSSR count). The second kappa shape index (κ2) is 50.8. The lowest BCUT2D eigenvalue weighted by Gasteiger charge is -2.40. The number of allylic oxidation sites excluding steroid dienone is 3. The summed E-state index contributed by atoms with van der Waals surface area (Å²) in [5.41, 5.74) is 0. The molecule has 71 heavy (non-hydrogen) atoms. The molecule has 10 heteroatoms. The van der Waals surface area contributed by atoms with Gasteiger partial charge in [-0.05, 0) is 44.9 Å². The number of amides is 1. The first-order valence-corrected chi connectivity index (χ1v) is 30.7. The van der Waals surface area contributed by atoms with Gasteiger partial charge in [0, 0.05) is 0 Å². The number of aliphatic hydroxyl groups is 6. The zero-order valence-electron chi connectivity index (χ0n) is 46.4. The second-order valence-corrected chi connectivity index (χ2v) is 21.6. The van der Waals surface area contributed by atoms with Crippen molar-refractivity contribution in [3.63, 3.8) is 0 Å². The first-order chi connectivity index (χ1) is 34.8. The topological polar surface area (TPSA) is 169 Å². The Labute approximate surface area is 437 Å². The number of hydrogen-bond donors (Lipinski definition) is 7. The zero-order valence-corrected chi connectivity index (χ0v) is 46.4. The van der Waals surface area contributed by atoms with E-state index in [-0.39, 0.29) is 6.61 Å². The summed E-state index contributed by atoms with van der Waals surface area (Å²) in [6.45, 7) is 3.65. The van der Waals surface area contributed by atoms with Crippen LogP contribution in [0.4, 0.5) is 0 Å². The number of hydrogen-bond acceptors (Lipinski definition) is 9. The van der Waals surface area contributed by atoms with E-state index in [9.17, 15) is 35.4 Å². The van der Waals surface area contributed by atoms with E-state index in [0.717, 1.165) is 44.9 Å². The van der Waals surface area contributed by atoms with Crippen LogP contribution in [0, 0.1) is 0 Å². The second-order valence-electron chi connectivity index (χ2n) is 21.6. The summed E-state index contributed by atoms with van der Waals surface area (Å²) in [5, 5.41) is 65.1. The van der Waals surface area contributed by atoms with Gasteiger partial charge in [-0.1, -0.05) is 276 Å². The van der Waals surface area contributed by atoms with E-state index in [1.807, 2.05) is 6.08 Å². The van der Waals surface area contributed by atoms with E-state index in [2.05, 4.69) is 31.3 Å². The summed E-state index contributed by atoms with van der Waals surface area (Å²) in [5.74, 6) is -0.612. The quantitative estimate of drug-likeness (QED) is 0.0232. The highest BCUT2D eigenvalue weighted by molar-refractivity contribution is 5.80. The van der Waals surface area contributed by atoms with Crippen LogP contribution in [0.2, 0.25) is 0 Å². The van der Waals surface area contributed by atoms with E-state index >= 15 is 0 Å². The third-order valence-electron chi connectivity index (χ3n) is 14.9. The first kappa shape index (κ1) is 67.6. The van der Waals surface area contributed by atoms with E-state index in [1.54, 1.807) is 6.08 Å². The van der Waals surface area contributed by atoms with Crippen LogP contribution in [-0.2, 0) is 14.3 Å². The molecule has 0 aromatic rings. The average molecular weight is 1010 g/mol. The zero-order chi connectivity index (χ0) is 51.7. The van der Waals surface area contributed by atoms with E-state index in [4.69, 9.17) is 9.47 Å². The third-order valence-corrected chi connectivity index (χ3v) is 14.9. The first-order valence-electron chi connectivity index (χ1n) is 30.7. The van der Waals surface area contributed by atoms with Crippen molar-refractivity contribution in [3.05, 3.63) is 24.3 Å². The number of aliphatic hydroxyl groups excluding tert-OH is 6. The maximum Gasteiger partial charge on any atom is 0.249 e. The Kier molecular flexibility index (Phi) is 48.4. The highest BCUT2D eigenvalue weighted by Gasteiger charge is 2.44. The van der Waals surface area contributed by atoms with Crippen molar-refractivity contribution in [2.24, 2.45) is 0 Å². The van der Waals surface area contributed by atoms with Gasteiger partial charge >= 0.3 is 0 Å². The van der Waals surface area contributed by atoms with Crippen LogP contribution in [-0.4, -0.2) is 98.7 Å². The molecule has 8 atom stereocenters. The molecule has 0 bridgehead atoms. The summed E-state index contributed by atoms with van der Waals surface area (Å²) >= 11 is 0. The predicted octanol–water partition coefficient (Wildman–Crippen LogP) is 14.3. The number of carbonyl (C=O) groups is 1. The van der Waals surface area contributed by atoms with Crippen molar-refractivity contribution in [2.45, 2.75) is 345 Å². The van der Waals surface area contributed by atoms with Crippen molar-refractivity contribution in [1.82, 2.24) is 5.32 Å². The molecule has 420 valence electrons. The molecule has 0 saturated carbocycles. The summed E-state index contributed by atoms with van der Waals surface area (Å²) in [6.07, 6.45) is 54.3. The normalized spacial score (nSPS) is 19.8. The Balaban J connectivity index is 2.20. The van der Waals surface area contributed by atoms with Crippen molar-refractivity contribution in [1.29, 1.82) is 0 Å². The molecule has 0 aliphatic carbocycles. The molecule has 1 heterocycles. The minimum Gasteiger partial charge on any atom is -0.394 e. The molecular formula is C61H117NO9. The highest BCUT2D eigenvalue weighted by atomic mass is 16.7. The number of rotatable bonds is 53. The number of carbonyl (C=O) groups excluding carboxylic acids is 1. The fraction of sp³-hybridized carbons (Fsp3) is 0.918. The molecule has 1 aliphatic heterocycles. The third kappa shape index (κ3) is 39.7. The summed E-state index contributed by atoms with van der Waals surface area (Å²) in [6, 6.07) is -0.979. The minimum atomic E-state index is -1.61. The molecule has 1 saturated heterocycles. The Morgan fingerprint density at radius 2 is 0.817 bits per heavy atom. The van der Waals surface area contributed by atoms with E-state index in [1.165, 1.54) is 231 Å². The lowest BCUT2D eigenvalue weighted by atomic mass is 9.99. The Bertz CT molecular complexity index is 1190. The molecule has 1 fully saturated rings. The molecule has 8 unspecified atom stereocenters. The van der Waals surface area contributed by atoms with Gasteiger partial charge in [0.25, 0.3) is 0 Å². The van der Waals surface area contributed by atoms with Crippen molar-refractivity contribution < 1.29 is 44.9 Å². The van der Waals surface area contributed by atoms with Crippen LogP contribution >= 0.6 is 0 Å². The molecule has 0 spiro atoms. The Hall–Kier alpha value is -1.37. The van der Waals surface area contributed by atoms with Gasteiger partial charge in [0.15, 0.2) is 6.29 Å². The SMILES string of the molecule is CCCCCCCCCCCCCC/C=C\CCCCCCCCCCCCCCCC(O)C(=O)NC(COC1OC(CO)C(O)C(O)C1O)C(O)/C=C/CCCCCCCCCCCCCCCCC. The summed E-state index contributed by atoms with van der Waals surface area (Å²) in [4.78, 5) is 13.1. The highest BCUT2D eigenvalue weighted by Crippen LogP contribution is 2.23. The number of ether oxygens (including phenoxy) is 2. The van der Waals surface area contributed by atoms with Gasteiger partial charge in [-0.25, -0.2) is 0 Å². The van der Waals surface area contributed by atoms with Crippen LogP contribution < -0.4 is 5.32 Å². The molecule has 1 amide bonds. The molecule has 10 nitrogen and oxygen atoms in total. The fourth-order valence-electron chi connectivity index (χ4n) is 9.93. The van der Waals surface area contributed by atoms with Crippen molar-refractivity contribution in [3.8, 4) is 0 Å². The van der Waals surface area contributed by atoms with Crippen LogP contribution in [0.5, 0.6) is 0 Å². The Morgan fingerprint density at radius 3 is 1.18 bits per heavy atom. The van der Waals surface area contributed by atoms with Gasteiger partial charge < -0.3 is 45.4 Å². The van der Waals surface area contributed by atoms with Crippen LogP contribution in [0.1, 0.15) is 296 Å².